The van der Waals surface area contributed by atoms with Crippen LogP contribution >= 0.6 is 11.6 Å². The maximum atomic E-state index is 10.4. The molecule has 2 aromatic carbocycles. The highest BCUT2D eigenvalue weighted by atomic mass is 35.5. The summed E-state index contributed by atoms with van der Waals surface area (Å²) in [5, 5.41) is 11.1. The molecule has 0 radical (unpaired) electrons. The fourth-order valence-corrected chi connectivity index (χ4v) is 2.15. The van der Waals surface area contributed by atoms with Crippen molar-refractivity contribution in [3.8, 4) is 5.75 Å². The SMILES string of the molecule is Cc1cc(C(O)c2ccc(OC(C)C)cc2)ccc1Cl. The summed E-state index contributed by atoms with van der Waals surface area (Å²) in [4.78, 5) is 0. The standard InChI is InChI=1S/C17H19ClO2/c1-11(2)20-15-7-4-13(5-8-15)17(19)14-6-9-16(18)12(3)10-14/h4-11,17,19H,1-3H3. The van der Waals surface area contributed by atoms with Crippen molar-refractivity contribution in [2.24, 2.45) is 0 Å². The number of benzene rings is 2. The molecule has 20 heavy (non-hydrogen) atoms. The molecule has 0 spiro atoms. The molecule has 0 fully saturated rings. The second-order valence-electron chi connectivity index (χ2n) is 5.15. The maximum absolute atomic E-state index is 10.4. The van der Waals surface area contributed by atoms with Crippen molar-refractivity contribution in [2.45, 2.75) is 33.0 Å². The minimum atomic E-state index is -0.654. The molecule has 0 amide bonds. The largest absolute Gasteiger partial charge is 0.491 e. The van der Waals surface area contributed by atoms with Gasteiger partial charge in [0.25, 0.3) is 0 Å². The molecule has 2 nitrogen and oxygen atoms in total. The van der Waals surface area contributed by atoms with Gasteiger partial charge in [-0.2, -0.15) is 0 Å². The minimum absolute atomic E-state index is 0.143. The van der Waals surface area contributed by atoms with Crippen LogP contribution in [0.25, 0.3) is 0 Å². The van der Waals surface area contributed by atoms with E-state index in [9.17, 15) is 5.11 Å². The number of ether oxygens (including phenoxy) is 1. The van der Waals surface area contributed by atoms with Gasteiger partial charge in [0.1, 0.15) is 11.9 Å². The average molecular weight is 291 g/mol. The first kappa shape index (κ1) is 14.9. The number of aryl methyl sites for hydroxylation is 1. The van der Waals surface area contributed by atoms with Gasteiger partial charge in [0, 0.05) is 5.02 Å². The lowest BCUT2D eigenvalue weighted by atomic mass is 10.00. The monoisotopic (exact) mass is 290 g/mol. The number of hydrogen-bond acceptors (Lipinski definition) is 2. The highest BCUT2D eigenvalue weighted by molar-refractivity contribution is 6.31. The van der Waals surface area contributed by atoms with E-state index in [0.717, 1.165) is 22.4 Å². The third kappa shape index (κ3) is 3.53. The highest BCUT2D eigenvalue weighted by Crippen LogP contribution is 2.27. The number of rotatable bonds is 4. The van der Waals surface area contributed by atoms with Gasteiger partial charge >= 0.3 is 0 Å². The molecule has 1 unspecified atom stereocenters. The lowest BCUT2D eigenvalue weighted by molar-refractivity contribution is 0.219. The topological polar surface area (TPSA) is 29.5 Å². The van der Waals surface area contributed by atoms with Gasteiger partial charge in [0.05, 0.1) is 6.10 Å². The normalized spacial score (nSPS) is 12.5. The fourth-order valence-electron chi connectivity index (χ4n) is 2.03. The van der Waals surface area contributed by atoms with Crippen molar-refractivity contribution >= 4 is 11.6 Å². The first-order valence-electron chi connectivity index (χ1n) is 6.68. The Labute approximate surface area is 125 Å². The van der Waals surface area contributed by atoms with Crippen LogP contribution in [0.1, 0.15) is 36.6 Å². The van der Waals surface area contributed by atoms with Crippen molar-refractivity contribution < 1.29 is 9.84 Å². The fraction of sp³-hybridized carbons (Fsp3) is 0.294. The summed E-state index contributed by atoms with van der Waals surface area (Å²) < 4.78 is 5.59. The Balaban J connectivity index is 2.20. The zero-order valence-corrected chi connectivity index (χ0v) is 12.7. The van der Waals surface area contributed by atoms with Gasteiger partial charge in [-0.3, -0.25) is 0 Å². The van der Waals surface area contributed by atoms with E-state index in [1.807, 2.05) is 63.2 Å². The van der Waals surface area contributed by atoms with Gasteiger partial charge in [0.2, 0.25) is 0 Å². The Morgan fingerprint density at radius 1 is 1.00 bits per heavy atom. The van der Waals surface area contributed by atoms with Gasteiger partial charge in [-0.1, -0.05) is 35.9 Å². The van der Waals surface area contributed by atoms with Gasteiger partial charge in [-0.15, -0.1) is 0 Å². The summed E-state index contributed by atoms with van der Waals surface area (Å²) in [6.45, 7) is 5.90. The summed E-state index contributed by atoms with van der Waals surface area (Å²) >= 11 is 6.00. The lowest BCUT2D eigenvalue weighted by Crippen LogP contribution is -2.06. The quantitative estimate of drug-likeness (QED) is 0.897. The van der Waals surface area contributed by atoms with Crippen molar-refractivity contribution in [1.82, 2.24) is 0 Å². The van der Waals surface area contributed by atoms with Crippen molar-refractivity contribution in [1.29, 1.82) is 0 Å². The molecule has 0 aliphatic heterocycles. The molecule has 2 aromatic rings. The van der Waals surface area contributed by atoms with Gasteiger partial charge in [-0.05, 0) is 55.7 Å². The third-order valence-corrected chi connectivity index (χ3v) is 3.49. The lowest BCUT2D eigenvalue weighted by Gasteiger charge is -2.14. The van der Waals surface area contributed by atoms with Crippen LogP contribution in [0, 0.1) is 6.92 Å². The summed E-state index contributed by atoms with van der Waals surface area (Å²) in [5.74, 6) is 0.809. The molecular weight excluding hydrogens is 272 g/mol. The van der Waals surface area contributed by atoms with E-state index in [0.29, 0.717) is 5.02 Å². The molecule has 0 bridgehead atoms. The van der Waals surface area contributed by atoms with Crippen LogP contribution in [0.5, 0.6) is 5.75 Å². The summed E-state index contributed by atoms with van der Waals surface area (Å²) in [5.41, 5.74) is 2.63. The van der Waals surface area contributed by atoms with Crippen LogP contribution in [-0.2, 0) is 0 Å². The second-order valence-corrected chi connectivity index (χ2v) is 5.55. The first-order chi connectivity index (χ1) is 9.47. The minimum Gasteiger partial charge on any atom is -0.491 e. The Hall–Kier alpha value is -1.51. The maximum Gasteiger partial charge on any atom is 0.119 e. The molecule has 1 N–H and O–H groups in total. The molecule has 1 atom stereocenters. The predicted octanol–water partition coefficient (Wildman–Crippen LogP) is 4.52. The highest BCUT2D eigenvalue weighted by Gasteiger charge is 2.11. The average Bonchev–Trinajstić information content (AvgIpc) is 2.41. The molecule has 0 heterocycles. The smallest absolute Gasteiger partial charge is 0.119 e. The Kier molecular flexibility index (Phi) is 4.69. The van der Waals surface area contributed by atoms with Crippen LogP contribution in [0.2, 0.25) is 5.02 Å². The zero-order valence-electron chi connectivity index (χ0n) is 11.9. The Morgan fingerprint density at radius 2 is 1.60 bits per heavy atom. The molecule has 0 aliphatic carbocycles. The molecule has 3 heteroatoms. The summed E-state index contributed by atoms with van der Waals surface area (Å²) in [6, 6.07) is 13.1. The van der Waals surface area contributed by atoms with Crippen LogP contribution in [0.4, 0.5) is 0 Å². The van der Waals surface area contributed by atoms with Crippen LogP contribution < -0.4 is 4.74 Å². The van der Waals surface area contributed by atoms with Crippen molar-refractivity contribution in [3.05, 3.63) is 64.2 Å². The molecular formula is C17H19ClO2. The zero-order chi connectivity index (χ0) is 14.7. The predicted molar refractivity (Wildman–Crippen MR) is 82.5 cm³/mol. The van der Waals surface area contributed by atoms with Crippen LogP contribution in [0.15, 0.2) is 42.5 Å². The van der Waals surface area contributed by atoms with Gasteiger partial charge in [-0.25, -0.2) is 0 Å². The van der Waals surface area contributed by atoms with E-state index < -0.39 is 6.10 Å². The number of hydrogen-bond donors (Lipinski definition) is 1. The van der Waals surface area contributed by atoms with E-state index in [-0.39, 0.29) is 6.10 Å². The summed E-state index contributed by atoms with van der Waals surface area (Å²) in [6.07, 6.45) is -0.510. The van der Waals surface area contributed by atoms with Gasteiger partial charge in [0.15, 0.2) is 0 Å². The number of aliphatic hydroxyl groups is 1. The number of aliphatic hydroxyl groups excluding tert-OH is 1. The van der Waals surface area contributed by atoms with E-state index in [4.69, 9.17) is 16.3 Å². The van der Waals surface area contributed by atoms with Crippen molar-refractivity contribution in [3.63, 3.8) is 0 Å². The Bertz CT molecular complexity index is 576. The Morgan fingerprint density at radius 3 is 2.15 bits per heavy atom. The molecule has 0 aliphatic rings. The van der Waals surface area contributed by atoms with E-state index in [1.54, 1.807) is 0 Å². The van der Waals surface area contributed by atoms with Crippen molar-refractivity contribution in [2.75, 3.05) is 0 Å². The second kappa shape index (κ2) is 6.29. The van der Waals surface area contributed by atoms with E-state index >= 15 is 0 Å². The molecule has 0 saturated carbocycles. The van der Waals surface area contributed by atoms with Crippen LogP contribution in [0.3, 0.4) is 0 Å². The third-order valence-electron chi connectivity index (χ3n) is 3.07. The first-order valence-corrected chi connectivity index (χ1v) is 7.06. The summed E-state index contributed by atoms with van der Waals surface area (Å²) in [7, 11) is 0. The van der Waals surface area contributed by atoms with Crippen LogP contribution in [-0.4, -0.2) is 11.2 Å². The molecule has 2 rings (SSSR count). The molecule has 106 valence electrons. The van der Waals surface area contributed by atoms with E-state index in [1.165, 1.54) is 0 Å². The van der Waals surface area contributed by atoms with E-state index in [2.05, 4.69) is 0 Å². The van der Waals surface area contributed by atoms with Gasteiger partial charge < -0.3 is 9.84 Å². The number of halogens is 1. The molecule has 0 aromatic heterocycles. The molecule has 0 saturated heterocycles.